The molecule has 0 aromatic carbocycles. The third kappa shape index (κ3) is 2.25. The molecule has 1 rings (SSSR count). The molecule has 0 bridgehead atoms. The van der Waals surface area contributed by atoms with E-state index in [1.807, 2.05) is 13.8 Å². The topological polar surface area (TPSA) is 27.7 Å². The van der Waals surface area contributed by atoms with Gasteiger partial charge in [0.2, 0.25) is 0 Å². The summed E-state index contributed by atoms with van der Waals surface area (Å²) in [6, 6.07) is 0. The fourth-order valence-corrected chi connectivity index (χ4v) is 0.838. The van der Waals surface area contributed by atoms with Crippen LogP contribution in [-0.4, -0.2) is 32.2 Å². The zero-order chi connectivity index (χ0) is 7.40. The summed E-state index contributed by atoms with van der Waals surface area (Å²) in [5, 5.41) is 0. The van der Waals surface area contributed by atoms with Crippen LogP contribution >= 0.6 is 0 Å². The number of ether oxygens (including phenoxy) is 3. The van der Waals surface area contributed by atoms with Crippen LogP contribution in [0.5, 0.6) is 0 Å². The van der Waals surface area contributed by atoms with Crippen LogP contribution in [0.15, 0.2) is 0 Å². The van der Waals surface area contributed by atoms with Crippen molar-refractivity contribution in [1.82, 2.24) is 0 Å². The van der Waals surface area contributed by atoms with Crippen molar-refractivity contribution in [2.24, 2.45) is 0 Å². The van der Waals surface area contributed by atoms with E-state index < -0.39 is 0 Å². The molecule has 60 valence electrons. The normalized spacial score (nSPS) is 22.2. The predicted molar refractivity (Wildman–Crippen MR) is 36.8 cm³/mol. The number of hydrogen-bond donors (Lipinski definition) is 0. The van der Waals surface area contributed by atoms with Crippen molar-refractivity contribution < 1.29 is 14.2 Å². The highest BCUT2D eigenvalue weighted by molar-refractivity contribution is 4.64. The first-order valence-corrected chi connectivity index (χ1v) is 3.67. The van der Waals surface area contributed by atoms with Crippen molar-refractivity contribution in [3.05, 3.63) is 0 Å². The van der Waals surface area contributed by atoms with E-state index in [2.05, 4.69) is 0 Å². The van der Waals surface area contributed by atoms with Crippen LogP contribution in [0, 0.1) is 0 Å². The molecule has 0 aliphatic carbocycles. The second-order valence-corrected chi connectivity index (χ2v) is 2.32. The largest absolute Gasteiger partial charge is 0.376 e. The Labute approximate surface area is 61.3 Å². The Morgan fingerprint density at radius 3 is 2.70 bits per heavy atom. The third-order valence-electron chi connectivity index (χ3n) is 1.39. The summed E-state index contributed by atoms with van der Waals surface area (Å²) in [6.07, 6.45) is 0.181. The van der Waals surface area contributed by atoms with Gasteiger partial charge < -0.3 is 14.2 Å². The summed E-state index contributed by atoms with van der Waals surface area (Å²) in [5.41, 5.74) is 0. The lowest BCUT2D eigenvalue weighted by Gasteiger charge is -2.28. The lowest BCUT2D eigenvalue weighted by Crippen LogP contribution is -2.39. The van der Waals surface area contributed by atoms with Gasteiger partial charge in [-0.3, -0.25) is 0 Å². The molecule has 0 spiro atoms. The van der Waals surface area contributed by atoms with Gasteiger partial charge in [-0.05, 0) is 13.8 Å². The fourth-order valence-electron chi connectivity index (χ4n) is 0.838. The maximum absolute atomic E-state index is 5.38. The molecule has 0 N–H and O–H groups in total. The highest BCUT2D eigenvalue weighted by atomic mass is 16.7. The van der Waals surface area contributed by atoms with Gasteiger partial charge in [0.05, 0.1) is 13.2 Å². The molecule has 0 aromatic rings. The van der Waals surface area contributed by atoms with E-state index in [0.717, 1.165) is 13.2 Å². The molecule has 0 saturated carbocycles. The number of hydrogen-bond acceptors (Lipinski definition) is 3. The molecule has 0 aromatic heterocycles. The van der Waals surface area contributed by atoms with Crippen LogP contribution < -0.4 is 0 Å². The van der Waals surface area contributed by atoms with E-state index in [1.165, 1.54) is 0 Å². The first kappa shape index (κ1) is 7.98. The summed E-state index contributed by atoms with van der Waals surface area (Å²) in [4.78, 5) is 0. The molecule has 1 atom stereocenters. The Bertz CT molecular complexity index is 90.9. The van der Waals surface area contributed by atoms with E-state index in [4.69, 9.17) is 14.2 Å². The Balaban J connectivity index is 1.99. The molecular formula is C7H14O3. The van der Waals surface area contributed by atoms with Gasteiger partial charge in [0.15, 0.2) is 6.29 Å². The maximum atomic E-state index is 5.38. The molecule has 1 heterocycles. The van der Waals surface area contributed by atoms with Gasteiger partial charge in [-0.1, -0.05) is 0 Å². The highest BCUT2D eigenvalue weighted by Crippen LogP contribution is 2.08. The first-order valence-electron chi connectivity index (χ1n) is 3.67. The minimum atomic E-state index is -0.0844. The van der Waals surface area contributed by atoms with Gasteiger partial charge in [-0.15, -0.1) is 0 Å². The summed E-state index contributed by atoms with van der Waals surface area (Å²) < 4.78 is 15.5. The molecule has 10 heavy (non-hydrogen) atoms. The van der Waals surface area contributed by atoms with Gasteiger partial charge >= 0.3 is 0 Å². The minimum Gasteiger partial charge on any atom is -0.376 e. The van der Waals surface area contributed by atoms with E-state index in [9.17, 15) is 0 Å². The van der Waals surface area contributed by atoms with Gasteiger partial charge in [0.25, 0.3) is 0 Å². The molecule has 0 amide bonds. The molecule has 1 unspecified atom stereocenters. The number of rotatable bonds is 4. The molecule has 1 fully saturated rings. The van der Waals surface area contributed by atoms with Gasteiger partial charge in [0.1, 0.15) is 6.10 Å². The summed E-state index contributed by atoms with van der Waals surface area (Å²) in [7, 11) is 0. The van der Waals surface area contributed by atoms with Crippen LogP contribution in [0.25, 0.3) is 0 Å². The Kier molecular flexibility index (Phi) is 3.12. The lowest BCUT2D eigenvalue weighted by atomic mass is 10.3. The Morgan fingerprint density at radius 1 is 1.60 bits per heavy atom. The van der Waals surface area contributed by atoms with Crippen molar-refractivity contribution in [1.29, 1.82) is 0 Å². The molecular weight excluding hydrogens is 132 g/mol. The summed E-state index contributed by atoms with van der Waals surface area (Å²) in [6.45, 7) is 6.00. The lowest BCUT2D eigenvalue weighted by molar-refractivity contribution is -0.220. The second-order valence-electron chi connectivity index (χ2n) is 2.32. The molecule has 0 radical (unpaired) electrons. The van der Waals surface area contributed by atoms with Crippen LogP contribution in [0.2, 0.25) is 0 Å². The SMILES string of the molecule is CCOC(C)OC1COC1. The minimum absolute atomic E-state index is 0.0844. The van der Waals surface area contributed by atoms with Crippen molar-refractivity contribution >= 4 is 0 Å². The second kappa shape index (κ2) is 3.91. The molecule has 1 saturated heterocycles. The maximum Gasteiger partial charge on any atom is 0.155 e. The van der Waals surface area contributed by atoms with E-state index in [1.54, 1.807) is 0 Å². The molecule has 1 aliphatic heterocycles. The van der Waals surface area contributed by atoms with Crippen LogP contribution in [-0.2, 0) is 14.2 Å². The van der Waals surface area contributed by atoms with E-state index in [0.29, 0.717) is 6.61 Å². The average Bonchev–Trinajstić information content (AvgIpc) is 1.80. The Morgan fingerprint density at radius 2 is 2.30 bits per heavy atom. The summed E-state index contributed by atoms with van der Waals surface area (Å²) in [5.74, 6) is 0. The third-order valence-corrected chi connectivity index (χ3v) is 1.39. The van der Waals surface area contributed by atoms with Crippen LogP contribution in [0.4, 0.5) is 0 Å². The quantitative estimate of drug-likeness (QED) is 0.549. The molecule has 1 aliphatic rings. The average molecular weight is 146 g/mol. The monoisotopic (exact) mass is 146 g/mol. The zero-order valence-corrected chi connectivity index (χ0v) is 6.50. The zero-order valence-electron chi connectivity index (χ0n) is 6.50. The summed E-state index contributed by atoms with van der Waals surface area (Å²) >= 11 is 0. The van der Waals surface area contributed by atoms with Crippen LogP contribution in [0.1, 0.15) is 13.8 Å². The first-order chi connectivity index (χ1) is 4.83. The van der Waals surface area contributed by atoms with Gasteiger partial charge in [0, 0.05) is 6.61 Å². The van der Waals surface area contributed by atoms with Crippen molar-refractivity contribution in [2.45, 2.75) is 26.2 Å². The molecule has 3 nitrogen and oxygen atoms in total. The predicted octanol–water partition coefficient (Wildman–Crippen LogP) is 0.784. The van der Waals surface area contributed by atoms with E-state index in [-0.39, 0.29) is 12.4 Å². The fraction of sp³-hybridized carbons (Fsp3) is 1.00. The van der Waals surface area contributed by atoms with Crippen LogP contribution in [0.3, 0.4) is 0 Å². The molecule has 3 heteroatoms. The van der Waals surface area contributed by atoms with Crippen molar-refractivity contribution in [3.63, 3.8) is 0 Å². The highest BCUT2D eigenvalue weighted by Gasteiger charge is 2.21. The standard InChI is InChI=1S/C7H14O3/c1-3-9-6(2)10-7-4-8-5-7/h6-7H,3-5H2,1-2H3. The Hall–Kier alpha value is -0.120. The van der Waals surface area contributed by atoms with Gasteiger partial charge in [-0.25, -0.2) is 0 Å². The van der Waals surface area contributed by atoms with Gasteiger partial charge in [-0.2, -0.15) is 0 Å². The smallest absolute Gasteiger partial charge is 0.155 e. The van der Waals surface area contributed by atoms with Crippen molar-refractivity contribution in [2.75, 3.05) is 19.8 Å². The van der Waals surface area contributed by atoms with E-state index >= 15 is 0 Å². The van der Waals surface area contributed by atoms with Crippen molar-refractivity contribution in [3.8, 4) is 0 Å².